The van der Waals surface area contributed by atoms with E-state index >= 15 is 0 Å². The van der Waals surface area contributed by atoms with Crippen molar-refractivity contribution in [2.24, 2.45) is 5.73 Å². The van der Waals surface area contributed by atoms with Crippen LogP contribution < -0.4 is 5.73 Å². The van der Waals surface area contributed by atoms with E-state index in [1.54, 1.807) is 0 Å². The number of rotatable bonds is 2. The summed E-state index contributed by atoms with van der Waals surface area (Å²) in [6, 6.07) is 0. The van der Waals surface area contributed by atoms with Crippen molar-refractivity contribution in [2.45, 2.75) is 18.9 Å². The molecule has 0 aromatic rings. The highest BCUT2D eigenvalue weighted by Crippen LogP contribution is 2.21. The Labute approximate surface area is 47.6 Å². The van der Waals surface area contributed by atoms with Crippen LogP contribution in [0, 0.1) is 0 Å². The molecule has 0 rings (SSSR count). The van der Waals surface area contributed by atoms with Gasteiger partial charge in [-0.1, -0.05) is 0 Å². The standard InChI is InChI=1S/C3H7FNO2P/c1-2(4)3(5)8(6)7/h2-3H,5H2,1H3/p+1/t2-,3?/m0/s1. The van der Waals surface area contributed by atoms with Crippen molar-refractivity contribution < 1.29 is 13.8 Å². The van der Waals surface area contributed by atoms with Crippen molar-refractivity contribution in [3.05, 3.63) is 0 Å². The first-order valence-electron chi connectivity index (χ1n) is 2.10. The first-order valence-corrected chi connectivity index (χ1v) is 3.38. The molecule has 0 aromatic heterocycles. The van der Waals surface area contributed by atoms with E-state index in [9.17, 15) is 8.96 Å². The van der Waals surface area contributed by atoms with E-state index in [-0.39, 0.29) is 0 Å². The third-order valence-electron chi connectivity index (χ3n) is 0.726. The number of halogens is 1. The van der Waals surface area contributed by atoms with Crippen molar-refractivity contribution in [2.75, 3.05) is 0 Å². The summed E-state index contributed by atoms with van der Waals surface area (Å²) in [4.78, 5) is 8.14. The van der Waals surface area contributed by atoms with Crippen LogP contribution in [0.3, 0.4) is 0 Å². The predicted octanol–water partition coefficient (Wildman–Crippen LogP) is 0.364. The molecule has 0 aliphatic carbocycles. The average molecular weight is 140 g/mol. The summed E-state index contributed by atoms with van der Waals surface area (Å²) in [7, 11) is -2.55. The molecule has 0 radical (unpaired) electrons. The second kappa shape index (κ2) is 3.07. The molecule has 0 saturated heterocycles. The second-order valence-electron chi connectivity index (χ2n) is 1.47. The zero-order valence-corrected chi connectivity index (χ0v) is 5.31. The second-order valence-corrected chi connectivity index (χ2v) is 2.67. The molecule has 0 aliphatic rings. The SMILES string of the molecule is C[C@H](F)C(N)[P+](=O)O. The van der Waals surface area contributed by atoms with Gasteiger partial charge in [0.2, 0.25) is 0 Å². The minimum atomic E-state index is -2.55. The molecule has 0 aliphatic heterocycles. The van der Waals surface area contributed by atoms with Crippen LogP contribution in [-0.4, -0.2) is 16.8 Å². The first-order chi connectivity index (χ1) is 3.55. The van der Waals surface area contributed by atoms with Gasteiger partial charge >= 0.3 is 8.03 Å². The van der Waals surface area contributed by atoms with Crippen LogP contribution in [-0.2, 0) is 4.57 Å². The lowest BCUT2D eigenvalue weighted by Gasteiger charge is -1.94. The lowest BCUT2D eigenvalue weighted by Crippen LogP contribution is -2.24. The number of nitrogens with two attached hydrogens (primary N) is 1. The molecule has 0 heterocycles. The maximum absolute atomic E-state index is 11.9. The molecule has 8 heavy (non-hydrogen) atoms. The van der Waals surface area contributed by atoms with Crippen molar-refractivity contribution in [1.29, 1.82) is 0 Å². The normalized spacial score (nSPS) is 19.8. The minimum absolute atomic E-state index is 1.15. The number of hydrogen-bond acceptors (Lipinski definition) is 2. The third-order valence-corrected chi connectivity index (χ3v) is 1.65. The Bertz CT molecular complexity index is 97.3. The minimum Gasteiger partial charge on any atom is -0.282 e. The maximum atomic E-state index is 11.9. The molecule has 3 atom stereocenters. The maximum Gasteiger partial charge on any atom is 0.527 e. The number of alkyl halides is 1. The lowest BCUT2D eigenvalue weighted by atomic mass is 10.4. The van der Waals surface area contributed by atoms with Crippen LogP contribution in [0.15, 0.2) is 0 Å². The van der Waals surface area contributed by atoms with Crippen LogP contribution >= 0.6 is 8.03 Å². The van der Waals surface area contributed by atoms with Crippen LogP contribution in [0.4, 0.5) is 4.39 Å². The van der Waals surface area contributed by atoms with Crippen LogP contribution in [0.5, 0.6) is 0 Å². The molecule has 0 aromatic carbocycles. The van der Waals surface area contributed by atoms with Gasteiger partial charge in [0.05, 0.1) is 0 Å². The van der Waals surface area contributed by atoms with E-state index in [0.29, 0.717) is 0 Å². The fraction of sp³-hybridized carbons (Fsp3) is 1.00. The lowest BCUT2D eigenvalue weighted by molar-refractivity contribution is 0.336. The fourth-order valence-electron chi connectivity index (χ4n) is 0.176. The molecule has 0 bridgehead atoms. The van der Waals surface area contributed by atoms with Crippen molar-refractivity contribution in [1.82, 2.24) is 0 Å². The van der Waals surface area contributed by atoms with Crippen molar-refractivity contribution >= 4 is 8.03 Å². The highest BCUT2D eigenvalue weighted by Gasteiger charge is 2.30. The van der Waals surface area contributed by atoms with Gasteiger partial charge in [-0.05, 0) is 11.5 Å². The summed E-state index contributed by atoms with van der Waals surface area (Å²) in [6.07, 6.45) is -1.41. The first kappa shape index (κ1) is 7.95. The fourth-order valence-corrected chi connectivity index (χ4v) is 0.527. The van der Waals surface area contributed by atoms with Gasteiger partial charge in [0, 0.05) is 0 Å². The van der Waals surface area contributed by atoms with E-state index in [4.69, 9.17) is 10.6 Å². The molecular formula is C3H8FNO2P+. The monoisotopic (exact) mass is 140 g/mol. The van der Waals surface area contributed by atoms with Gasteiger partial charge in [-0.25, -0.2) is 4.39 Å². The van der Waals surface area contributed by atoms with Gasteiger partial charge in [0.1, 0.15) is 0 Å². The van der Waals surface area contributed by atoms with E-state index < -0.39 is 20.0 Å². The molecule has 48 valence electrons. The quantitative estimate of drug-likeness (QED) is 0.544. The Balaban J connectivity index is 3.64. The van der Waals surface area contributed by atoms with Gasteiger partial charge in [0.15, 0.2) is 6.17 Å². The Hall–Kier alpha value is -0.0500. The topological polar surface area (TPSA) is 63.3 Å². The van der Waals surface area contributed by atoms with E-state index in [2.05, 4.69) is 0 Å². The summed E-state index contributed by atoms with van der Waals surface area (Å²) in [5.74, 6) is -1.23. The molecule has 0 saturated carbocycles. The molecule has 0 spiro atoms. The van der Waals surface area contributed by atoms with Gasteiger partial charge in [0.25, 0.3) is 5.78 Å². The van der Waals surface area contributed by atoms with Crippen molar-refractivity contribution in [3.63, 3.8) is 0 Å². The predicted molar refractivity (Wildman–Crippen MR) is 28.4 cm³/mol. The van der Waals surface area contributed by atoms with Gasteiger partial charge in [-0.15, -0.1) is 0 Å². The average Bonchev–Trinajstić information content (AvgIpc) is 1.64. The van der Waals surface area contributed by atoms with Crippen LogP contribution in [0.1, 0.15) is 6.92 Å². The molecule has 3 nitrogen and oxygen atoms in total. The molecule has 5 heteroatoms. The molecular weight excluding hydrogens is 132 g/mol. The zero-order valence-electron chi connectivity index (χ0n) is 4.41. The summed E-state index contributed by atoms with van der Waals surface area (Å²) >= 11 is 0. The van der Waals surface area contributed by atoms with Gasteiger partial charge < -0.3 is 0 Å². The molecule has 2 unspecified atom stereocenters. The summed E-state index contributed by atoms with van der Waals surface area (Å²) in [5.41, 5.74) is 4.85. The zero-order chi connectivity index (χ0) is 6.73. The molecule has 0 amide bonds. The highest BCUT2D eigenvalue weighted by atomic mass is 31.1. The van der Waals surface area contributed by atoms with Gasteiger partial charge in [-0.2, -0.15) is 4.89 Å². The largest absolute Gasteiger partial charge is 0.527 e. The van der Waals surface area contributed by atoms with Crippen LogP contribution in [0.25, 0.3) is 0 Å². The summed E-state index contributed by atoms with van der Waals surface area (Å²) < 4.78 is 21.8. The van der Waals surface area contributed by atoms with E-state index in [1.807, 2.05) is 0 Å². The third kappa shape index (κ3) is 2.31. The van der Waals surface area contributed by atoms with E-state index in [1.165, 1.54) is 0 Å². The molecule has 0 fully saturated rings. The Kier molecular flexibility index (Phi) is 3.05. The van der Waals surface area contributed by atoms with E-state index in [0.717, 1.165) is 6.92 Å². The van der Waals surface area contributed by atoms with Crippen molar-refractivity contribution in [3.8, 4) is 0 Å². The highest BCUT2D eigenvalue weighted by molar-refractivity contribution is 7.38. The number of hydrogen-bond donors (Lipinski definition) is 2. The smallest absolute Gasteiger partial charge is 0.282 e. The Morgan fingerprint density at radius 1 is 1.88 bits per heavy atom. The summed E-state index contributed by atoms with van der Waals surface area (Å²) in [6.45, 7) is 1.15. The summed E-state index contributed by atoms with van der Waals surface area (Å²) in [5, 5.41) is 0. The van der Waals surface area contributed by atoms with Gasteiger partial charge in [-0.3, -0.25) is 5.73 Å². The van der Waals surface area contributed by atoms with Crippen LogP contribution in [0.2, 0.25) is 0 Å². The Morgan fingerprint density at radius 2 is 2.25 bits per heavy atom. The molecule has 3 N–H and O–H groups in total. The Morgan fingerprint density at radius 3 is 2.25 bits per heavy atom.